The molecule has 0 aromatic carbocycles. The van der Waals surface area contributed by atoms with Gasteiger partial charge in [-0.15, -0.1) is 0 Å². The van der Waals surface area contributed by atoms with Crippen molar-refractivity contribution >= 4 is 17.9 Å². The van der Waals surface area contributed by atoms with Crippen LogP contribution in [-0.2, 0) is 9.53 Å². The Kier molecular flexibility index (Phi) is 4.52. The number of anilines is 1. The number of nitrogens with one attached hydrogen (secondary N) is 1. The van der Waals surface area contributed by atoms with Gasteiger partial charge in [0, 0.05) is 12.2 Å². The summed E-state index contributed by atoms with van der Waals surface area (Å²) in [7, 11) is 0. The fourth-order valence-corrected chi connectivity index (χ4v) is 2.10. The van der Waals surface area contributed by atoms with Gasteiger partial charge in [-0.3, -0.25) is 4.79 Å². The summed E-state index contributed by atoms with van der Waals surface area (Å²) in [6, 6.07) is -0.126. The first-order valence-electron chi connectivity index (χ1n) is 6.69. The molecule has 1 aliphatic rings. The second-order valence-electron chi connectivity index (χ2n) is 4.73. The Bertz CT molecular complexity index is 586. The van der Waals surface area contributed by atoms with E-state index in [0.29, 0.717) is 30.2 Å². The maximum absolute atomic E-state index is 11.6. The minimum absolute atomic E-state index is 0.126. The van der Waals surface area contributed by atoms with E-state index in [4.69, 9.17) is 9.84 Å². The lowest BCUT2D eigenvalue weighted by Gasteiger charge is -2.13. The van der Waals surface area contributed by atoms with Crippen molar-refractivity contribution in [3.8, 4) is 0 Å². The highest BCUT2D eigenvalue weighted by molar-refractivity contribution is 5.90. The van der Waals surface area contributed by atoms with E-state index in [2.05, 4.69) is 15.3 Å². The number of esters is 1. The lowest BCUT2D eigenvalue weighted by atomic mass is 10.1. The molecule has 21 heavy (non-hydrogen) atoms. The highest BCUT2D eigenvalue weighted by atomic mass is 16.5. The number of carboxylic acids is 1. The molecule has 0 radical (unpaired) electrons. The summed E-state index contributed by atoms with van der Waals surface area (Å²) < 4.78 is 4.91. The first-order chi connectivity index (χ1) is 10.0. The van der Waals surface area contributed by atoms with Gasteiger partial charge in [-0.2, -0.15) is 0 Å². The van der Waals surface area contributed by atoms with Crippen LogP contribution in [0.2, 0.25) is 0 Å². The molecule has 1 heterocycles. The Morgan fingerprint density at radius 2 is 2.24 bits per heavy atom. The van der Waals surface area contributed by atoms with Gasteiger partial charge in [0.1, 0.15) is 0 Å². The maximum Gasteiger partial charge on any atom is 0.341 e. The smallest absolute Gasteiger partial charge is 0.341 e. The molecule has 0 fully saturated rings. The van der Waals surface area contributed by atoms with E-state index < -0.39 is 17.9 Å². The molecular weight excluding hydrogens is 274 g/mol. The van der Waals surface area contributed by atoms with Gasteiger partial charge >= 0.3 is 11.9 Å². The summed E-state index contributed by atoms with van der Waals surface area (Å²) in [5.41, 5.74) is 0.843. The summed E-state index contributed by atoms with van der Waals surface area (Å²) in [6.07, 6.45) is 5.31. The minimum Gasteiger partial charge on any atom is -0.481 e. The van der Waals surface area contributed by atoms with E-state index in [1.165, 1.54) is 6.20 Å². The van der Waals surface area contributed by atoms with Crippen molar-refractivity contribution in [3.63, 3.8) is 0 Å². The largest absolute Gasteiger partial charge is 0.481 e. The van der Waals surface area contributed by atoms with Gasteiger partial charge in [0.05, 0.1) is 23.8 Å². The van der Waals surface area contributed by atoms with Crippen molar-refractivity contribution in [1.29, 1.82) is 0 Å². The topological polar surface area (TPSA) is 101 Å². The molecule has 0 bridgehead atoms. The summed E-state index contributed by atoms with van der Waals surface area (Å²) in [4.78, 5) is 30.8. The van der Waals surface area contributed by atoms with Crippen LogP contribution in [0.15, 0.2) is 18.3 Å². The summed E-state index contributed by atoms with van der Waals surface area (Å²) in [6.45, 7) is 3.72. The predicted molar refractivity (Wildman–Crippen MR) is 75.0 cm³/mol. The van der Waals surface area contributed by atoms with Gasteiger partial charge < -0.3 is 15.2 Å². The number of hydrogen-bond donors (Lipinski definition) is 2. The van der Waals surface area contributed by atoms with Crippen LogP contribution < -0.4 is 5.32 Å². The highest BCUT2D eigenvalue weighted by Crippen LogP contribution is 2.20. The number of carbonyl (C=O) groups excluding carboxylic acids is 1. The quantitative estimate of drug-likeness (QED) is 0.624. The van der Waals surface area contributed by atoms with E-state index in [1.54, 1.807) is 26.0 Å². The zero-order valence-electron chi connectivity index (χ0n) is 11.9. The van der Waals surface area contributed by atoms with E-state index in [1.807, 2.05) is 0 Å². The molecule has 0 saturated heterocycles. The number of ether oxygens (including phenoxy) is 1. The third-order valence-electron chi connectivity index (χ3n) is 3.19. The molecule has 0 amide bonds. The van der Waals surface area contributed by atoms with E-state index >= 15 is 0 Å². The van der Waals surface area contributed by atoms with Crippen LogP contribution in [0.5, 0.6) is 0 Å². The maximum atomic E-state index is 11.6. The van der Waals surface area contributed by atoms with Crippen molar-refractivity contribution in [1.82, 2.24) is 9.97 Å². The predicted octanol–water partition coefficient (Wildman–Crippen LogP) is 1.40. The van der Waals surface area contributed by atoms with Gasteiger partial charge in [-0.1, -0.05) is 12.2 Å². The Balaban J connectivity index is 2.03. The standard InChI is InChI=1S/C14H17N3O4/c1-3-21-13(20)11-7-15-14(16-8(11)2)17-10-5-4-9(6-10)12(18)19/h4-5,7,9-10H,3,6H2,1-2H3,(H,18,19)(H,15,16,17). The van der Waals surface area contributed by atoms with Crippen LogP contribution in [0.3, 0.4) is 0 Å². The molecule has 1 aliphatic carbocycles. The number of aliphatic carboxylic acids is 1. The monoisotopic (exact) mass is 291 g/mol. The highest BCUT2D eigenvalue weighted by Gasteiger charge is 2.25. The van der Waals surface area contributed by atoms with Gasteiger partial charge in [-0.25, -0.2) is 14.8 Å². The van der Waals surface area contributed by atoms with E-state index in [-0.39, 0.29) is 6.04 Å². The molecule has 2 rings (SSSR count). The van der Waals surface area contributed by atoms with Gasteiger partial charge in [0.25, 0.3) is 0 Å². The second kappa shape index (κ2) is 6.34. The van der Waals surface area contributed by atoms with Crippen LogP contribution >= 0.6 is 0 Å². The van der Waals surface area contributed by atoms with E-state index in [9.17, 15) is 9.59 Å². The van der Waals surface area contributed by atoms with Crippen LogP contribution in [0.25, 0.3) is 0 Å². The molecule has 2 atom stereocenters. The number of carbonyl (C=O) groups is 2. The molecule has 0 spiro atoms. The Labute approximate surface area is 122 Å². The summed E-state index contributed by atoms with van der Waals surface area (Å²) >= 11 is 0. The van der Waals surface area contributed by atoms with Crippen molar-refractivity contribution in [3.05, 3.63) is 29.6 Å². The fourth-order valence-electron chi connectivity index (χ4n) is 2.10. The normalized spacial score (nSPS) is 20.3. The van der Waals surface area contributed by atoms with Crippen molar-refractivity contribution < 1.29 is 19.4 Å². The zero-order chi connectivity index (χ0) is 15.4. The lowest BCUT2D eigenvalue weighted by molar-refractivity contribution is -0.140. The van der Waals surface area contributed by atoms with Crippen molar-refractivity contribution in [2.24, 2.45) is 5.92 Å². The second-order valence-corrected chi connectivity index (χ2v) is 4.73. The van der Waals surface area contributed by atoms with Crippen LogP contribution in [-0.4, -0.2) is 39.7 Å². The molecule has 2 unspecified atom stereocenters. The van der Waals surface area contributed by atoms with Crippen LogP contribution in [0, 0.1) is 12.8 Å². The summed E-state index contributed by atoms with van der Waals surface area (Å²) in [5.74, 6) is -1.41. The minimum atomic E-state index is -0.842. The van der Waals surface area contributed by atoms with Gasteiger partial charge in [0.2, 0.25) is 5.95 Å². The average molecular weight is 291 g/mol. The van der Waals surface area contributed by atoms with Crippen molar-refractivity contribution in [2.45, 2.75) is 26.3 Å². The first kappa shape index (κ1) is 15.0. The van der Waals surface area contributed by atoms with Crippen LogP contribution in [0.1, 0.15) is 29.4 Å². The van der Waals surface area contributed by atoms with E-state index in [0.717, 1.165) is 0 Å². The zero-order valence-corrected chi connectivity index (χ0v) is 11.9. The first-order valence-corrected chi connectivity index (χ1v) is 6.69. The lowest BCUT2D eigenvalue weighted by Crippen LogP contribution is -2.20. The molecule has 7 heteroatoms. The number of carboxylic acid groups (broad SMARTS) is 1. The van der Waals surface area contributed by atoms with Crippen molar-refractivity contribution in [2.75, 3.05) is 11.9 Å². The number of hydrogen-bond acceptors (Lipinski definition) is 6. The fraction of sp³-hybridized carbons (Fsp3) is 0.429. The molecule has 0 saturated carbocycles. The molecule has 112 valence electrons. The van der Waals surface area contributed by atoms with Crippen LogP contribution in [0.4, 0.5) is 5.95 Å². The average Bonchev–Trinajstić information content (AvgIpc) is 2.87. The van der Waals surface area contributed by atoms with Gasteiger partial charge in [0.15, 0.2) is 0 Å². The molecule has 1 aromatic heterocycles. The molecule has 2 N–H and O–H groups in total. The SMILES string of the molecule is CCOC(=O)c1cnc(NC2C=CC(C(=O)O)C2)nc1C. The Morgan fingerprint density at radius 3 is 2.81 bits per heavy atom. The number of nitrogens with zero attached hydrogens (tertiary/aromatic N) is 2. The number of rotatable bonds is 5. The third kappa shape index (κ3) is 3.56. The third-order valence-corrected chi connectivity index (χ3v) is 3.19. The summed E-state index contributed by atoms with van der Waals surface area (Å²) in [5, 5.41) is 12.0. The molecular formula is C14H17N3O4. The Hall–Kier alpha value is -2.44. The molecule has 0 aliphatic heterocycles. The Morgan fingerprint density at radius 1 is 1.48 bits per heavy atom. The molecule has 1 aromatic rings. The molecule has 7 nitrogen and oxygen atoms in total. The number of aromatic nitrogens is 2. The van der Waals surface area contributed by atoms with Gasteiger partial charge in [-0.05, 0) is 20.3 Å². The number of aryl methyl sites for hydroxylation is 1.